The summed E-state index contributed by atoms with van der Waals surface area (Å²) in [7, 11) is 0. The van der Waals surface area contributed by atoms with Crippen LogP contribution in [0.5, 0.6) is 11.6 Å². The van der Waals surface area contributed by atoms with Crippen LogP contribution in [0.4, 0.5) is 10.1 Å². The first-order valence-electron chi connectivity index (χ1n) is 12.7. The van der Waals surface area contributed by atoms with Crippen molar-refractivity contribution in [3.63, 3.8) is 0 Å². The average Bonchev–Trinajstić information content (AvgIpc) is 3.38. The number of halogens is 1. The second-order valence-electron chi connectivity index (χ2n) is 9.35. The lowest BCUT2D eigenvalue weighted by molar-refractivity contribution is 0.0341. The molecule has 1 aliphatic rings. The molecule has 0 atom stereocenters. The van der Waals surface area contributed by atoms with Crippen molar-refractivity contribution in [2.24, 2.45) is 0 Å². The first-order chi connectivity index (χ1) is 19.1. The van der Waals surface area contributed by atoms with Crippen molar-refractivity contribution in [3.8, 4) is 22.8 Å². The highest BCUT2D eigenvalue weighted by atomic mass is 19.1. The van der Waals surface area contributed by atoms with E-state index in [1.807, 2.05) is 24.5 Å². The fraction of sp³-hybridized carbons (Fsp3) is 0.167. The first kappa shape index (κ1) is 24.7. The molecule has 0 aliphatic carbocycles. The average molecular weight is 523 g/mol. The van der Waals surface area contributed by atoms with Gasteiger partial charge in [0.2, 0.25) is 5.88 Å². The lowest BCUT2D eigenvalue weighted by Gasteiger charge is -2.26. The van der Waals surface area contributed by atoms with Gasteiger partial charge in [0.1, 0.15) is 17.3 Å². The second kappa shape index (κ2) is 11.0. The molecule has 0 bridgehead atoms. The zero-order valence-corrected chi connectivity index (χ0v) is 21.2. The maximum atomic E-state index is 13.4. The fourth-order valence-electron chi connectivity index (χ4n) is 4.57. The summed E-state index contributed by atoms with van der Waals surface area (Å²) in [4.78, 5) is 11.2. The summed E-state index contributed by atoms with van der Waals surface area (Å²) in [5, 5.41) is 11.8. The summed E-state index contributed by atoms with van der Waals surface area (Å²) >= 11 is 0. The Labute approximate surface area is 225 Å². The van der Waals surface area contributed by atoms with Gasteiger partial charge in [0.15, 0.2) is 0 Å². The number of rotatable bonds is 8. The Morgan fingerprint density at radius 3 is 2.74 bits per heavy atom. The van der Waals surface area contributed by atoms with E-state index in [0.29, 0.717) is 23.0 Å². The second-order valence-corrected chi connectivity index (χ2v) is 9.35. The first-order valence-corrected chi connectivity index (χ1v) is 12.7. The molecule has 0 spiro atoms. The zero-order chi connectivity index (χ0) is 26.6. The summed E-state index contributed by atoms with van der Waals surface area (Å²) in [6, 6.07) is 17.8. The Balaban J connectivity index is 1.17. The lowest BCUT2D eigenvalue weighted by Crippen LogP contribution is -2.35. The number of H-pyrrole nitrogens is 1. The van der Waals surface area contributed by atoms with Gasteiger partial charge in [0.25, 0.3) is 0 Å². The third kappa shape index (κ3) is 5.79. The topological polar surface area (TPSA) is 88.2 Å². The van der Waals surface area contributed by atoms with E-state index in [-0.39, 0.29) is 5.82 Å². The van der Waals surface area contributed by atoms with Crippen LogP contribution in [0.25, 0.3) is 27.7 Å². The van der Waals surface area contributed by atoms with Gasteiger partial charge >= 0.3 is 0 Å². The molecule has 8 nitrogen and oxygen atoms in total. The molecule has 3 aromatic heterocycles. The van der Waals surface area contributed by atoms with Gasteiger partial charge in [-0.05, 0) is 47.5 Å². The Hall–Kier alpha value is -4.60. The zero-order valence-electron chi connectivity index (χ0n) is 21.2. The van der Waals surface area contributed by atoms with Crippen LogP contribution in [0.15, 0.2) is 85.8 Å². The van der Waals surface area contributed by atoms with Crippen molar-refractivity contribution >= 4 is 22.3 Å². The summed E-state index contributed by atoms with van der Waals surface area (Å²) in [5.74, 6) is 0.373. The number of morpholine rings is 1. The van der Waals surface area contributed by atoms with E-state index in [0.717, 1.165) is 60.6 Å². The van der Waals surface area contributed by atoms with Gasteiger partial charge in [0.05, 0.1) is 36.3 Å². The molecule has 0 radical (unpaired) electrons. The van der Waals surface area contributed by atoms with E-state index in [1.165, 1.54) is 17.7 Å². The van der Waals surface area contributed by atoms with Crippen LogP contribution in [-0.2, 0) is 11.3 Å². The van der Waals surface area contributed by atoms with E-state index in [1.54, 1.807) is 24.4 Å². The number of hydrogen-bond donors (Lipinski definition) is 2. The van der Waals surface area contributed by atoms with Crippen molar-refractivity contribution < 1.29 is 13.9 Å². The molecule has 1 fully saturated rings. The van der Waals surface area contributed by atoms with Gasteiger partial charge < -0.3 is 14.8 Å². The highest BCUT2D eigenvalue weighted by Gasteiger charge is 2.14. The number of aromatic amines is 1. The van der Waals surface area contributed by atoms with Crippen molar-refractivity contribution in [1.82, 2.24) is 25.1 Å². The molecule has 39 heavy (non-hydrogen) atoms. The van der Waals surface area contributed by atoms with Gasteiger partial charge in [-0.1, -0.05) is 18.7 Å². The van der Waals surface area contributed by atoms with Crippen LogP contribution in [0.1, 0.15) is 11.3 Å². The summed E-state index contributed by atoms with van der Waals surface area (Å²) in [5.41, 5.74) is 6.24. The summed E-state index contributed by atoms with van der Waals surface area (Å²) in [6.45, 7) is 8.46. The van der Waals surface area contributed by atoms with E-state index < -0.39 is 0 Å². The predicted molar refractivity (Wildman–Crippen MR) is 149 cm³/mol. The molecular formula is C30H27FN6O2. The molecule has 5 aromatic rings. The number of hydrogen-bond acceptors (Lipinski definition) is 7. The van der Waals surface area contributed by atoms with Gasteiger partial charge in [-0.15, -0.1) is 0 Å². The Morgan fingerprint density at radius 1 is 1.03 bits per heavy atom. The number of fused-ring (bicyclic) bond motifs is 1. The van der Waals surface area contributed by atoms with Crippen LogP contribution < -0.4 is 10.1 Å². The quantitative estimate of drug-likeness (QED) is 0.264. The lowest BCUT2D eigenvalue weighted by atomic mass is 10.0. The molecule has 9 heteroatoms. The molecule has 6 rings (SSSR count). The van der Waals surface area contributed by atoms with Crippen LogP contribution in [-0.4, -0.2) is 51.4 Å². The van der Waals surface area contributed by atoms with Crippen molar-refractivity contribution in [3.05, 3.63) is 103 Å². The smallest absolute Gasteiger partial charge is 0.219 e. The minimum atomic E-state index is -0.367. The number of nitrogens with one attached hydrogen (secondary N) is 2. The molecule has 0 amide bonds. The molecule has 0 saturated carbocycles. The van der Waals surface area contributed by atoms with E-state index in [9.17, 15) is 4.39 Å². The predicted octanol–water partition coefficient (Wildman–Crippen LogP) is 5.87. The molecule has 4 heterocycles. The van der Waals surface area contributed by atoms with E-state index in [2.05, 4.69) is 55.2 Å². The molecule has 196 valence electrons. The summed E-state index contributed by atoms with van der Waals surface area (Å²) in [6.07, 6.45) is 5.44. The molecule has 2 N–H and O–H groups in total. The third-order valence-electron chi connectivity index (χ3n) is 6.54. The maximum Gasteiger partial charge on any atom is 0.219 e. The van der Waals surface area contributed by atoms with Gasteiger partial charge in [-0.2, -0.15) is 5.10 Å². The van der Waals surface area contributed by atoms with Crippen LogP contribution in [0.3, 0.4) is 0 Å². The largest absolute Gasteiger partial charge is 0.439 e. The Morgan fingerprint density at radius 2 is 1.92 bits per heavy atom. The number of aromatic nitrogens is 4. The van der Waals surface area contributed by atoms with Crippen molar-refractivity contribution in [2.45, 2.75) is 6.54 Å². The van der Waals surface area contributed by atoms with Gasteiger partial charge in [0, 0.05) is 55.1 Å². The molecule has 1 saturated heterocycles. The van der Waals surface area contributed by atoms with Crippen LogP contribution in [0, 0.1) is 5.82 Å². The highest BCUT2D eigenvalue weighted by molar-refractivity contribution is 5.95. The summed E-state index contributed by atoms with van der Waals surface area (Å²) < 4.78 is 24.5. The van der Waals surface area contributed by atoms with Crippen molar-refractivity contribution in [1.29, 1.82) is 0 Å². The van der Waals surface area contributed by atoms with Gasteiger partial charge in [-0.25, -0.2) is 9.37 Å². The number of ether oxygens (including phenoxy) is 2. The number of pyridine rings is 2. The molecule has 1 aliphatic heterocycles. The SMILES string of the molecule is C=C(Nc1ccc(Oc2cccc(F)c2)nc1)c1n[nH]c2ccc(-c3cncc(CN4CCOCC4)c3)cc12. The van der Waals surface area contributed by atoms with Gasteiger partial charge in [-0.3, -0.25) is 15.0 Å². The Kier molecular flexibility index (Phi) is 6.99. The minimum absolute atomic E-state index is 0.357. The van der Waals surface area contributed by atoms with Crippen LogP contribution in [0.2, 0.25) is 0 Å². The standard InChI is InChI=1S/C30H27FN6O2/c1-20(34-25-6-8-29(33-18-25)39-26-4-2-3-24(31)15-26)30-27-14-22(5-7-28(27)35-36-30)23-13-21(16-32-17-23)19-37-9-11-38-12-10-37/h2-8,13-18,34H,1,9-12,19H2,(H,35,36). The molecule has 0 unspecified atom stereocenters. The highest BCUT2D eigenvalue weighted by Crippen LogP contribution is 2.29. The molecular weight excluding hydrogens is 495 g/mol. The van der Waals surface area contributed by atoms with Crippen LogP contribution >= 0.6 is 0 Å². The maximum absolute atomic E-state index is 13.4. The fourth-order valence-corrected chi connectivity index (χ4v) is 4.57. The number of nitrogens with zero attached hydrogens (tertiary/aromatic N) is 4. The molecule has 2 aromatic carbocycles. The third-order valence-corrected chi connectivity index (χ3v) is 6.54. The van der Waals surface area contributed by atoms with E-state index >= 15 is 0 Å². The number of anilines is 1. The number of benzene rings is 2. The monoisotopic (exact) mass is 522 g/mol. The Bertz CT molecular complexity index is 1610. The van der Waals surface area contributed by atoms with E-state index in [4.69, 9.17) is 9.47 Å². The van der Waals surface area contributed by atoms with Crippen molar-refractivity contribution in [2.75, 3.05) is 31.6 Å². The normalized spacial score (nSPS) is 13.9. The minimum Gasteiger partial charge on any atom is -0.439 e.